The first-order chi connectivity index (χ1) is 4.56. The molecule has 0 saturated carbocycles. The predicted octanol–water partition coefficient (Wildman–Crippen LogP) is 4.01. The van der Waals surface area contributed by atoms with Crippen molar-refractivity contribution in [2.75, 3.05) is 7.05 Å². The molecule has 0 fully saturated rings. The second-order valence-electron chi connectivity index (χ2n) is 1.63. The van der Waals surface area contributed by atoms with Crippen LogP contribution < -0.4 is 0 Å². The van der Waals surface area contributed by atoms with Crippen LogP contribution in [0.5, 0.6) is 0 Å². The molecule has 0 aliphatic rings. The van der Waals surface area contributed by atoms with Crippen LogP contribution in [0.3, 0.4) is 0 Å². The number of ketones is 1. The summed E-state index contributed by atoms with van der Waals surface area (Å²) >= 11 is 0. The molecular weight excluding hydrogens is 162 g/mol. The highest BCUT2D eigenvalue weighted by Gasteiger charge is 1.62. The minimum Gasteiger partial charge on any atom is -0.304 e. The highest BCUT2D eigenvalue weighted by atomic mass is 16.1. The highest BCUT2D eigenvalue weighted by Crippen LogP contribution is 1.50. The third-order valence-corrected chi connectivity index (χ3v) is 0. The summed E-state index contributed by atoms with van der Waals surface area (Å²) < 4.78 is 0. The lowest BCUT2D eigenvalue weighted by Gasteiger charge is -1.56. The molecule has 0 rings (SSSR count). The third-order valence-electron chi connectivity index (χ3n) is 0. The number of hydrogen-bond acceptors (Lipinski definition) is 2. The molecule has 0 atom stereocenters. The van der Waals surface area contributed by atoms with E-state index in [1.165, 1.54) is 13.8 Å². The molecule has 0 spiro atoms. The topological polar surface area (TPSA) is 29.4 Å². The summed E-state index contributed by atoms with van der Waals surface area (Å²) in [4.78, 5) is 12.7. The third kappa shape index (κ3) is 1080. The van der Waals surface area contributed by atoms with Gasteiger partial charge in [-0.1, -0.05) is 28.4 Å². The van der Waals surface area contributed by atoms with E-state index in [9.17, 15) is 4.79 Å². The average Bonchev–Trinajstić information content (AvgIpc) is 1.65. The fourth-order valence-corrected chi connectivity index (χ4v) is 0. The van der Waals surface area contributed by atoms with Crippen molar-refractivity contribution in [3.63, 3.8) is 0 Å². The molecule has 0 heterocycles. The van der Waals surface area contributed by atoms with E-state index >= 15 is 0 Å². The van der Waals surface area contributed by atoms with Crippen molar-refractivity contribution in [1.29, 1.82) is 0 Å². The van der Waals surface area contributed by atoms with Crippen molar-refractivity contribution in [2.45, 2.75) is 43.1 Å². The SMILES string of the molecule is C.C.C.C=CC.C=NC.CC(C)=O. The quantitative estimate of drug-likeness (QED) is 0.420. The van der Waals surface area contributed by atoms with E-state index in [1.807, 2.05) is 6.92 Å². The van der Waals surface area contributed by atoms with Gasteiger partial charge < -0.3 is 9.79 Å². The van der Waals surface area contributed by atoms with E-state index in [1.54, 1.807) is 13.1 Å². The van der Waals surface area contributed by atoms with E-state index in [-0.39, 0.29) is 28.1 Å². The van der Waals surface area contributed by atoms with Crippen LogP contribution >= 0.6 is 0 Å². The maximum atomic E-state index is 9.44. The Bertz CT molecular complexity index is 78.1. The number of carbonyl (C=O) groups is 1. The Hall–Kier alpha value is -0.920. The minimum atomic E-state index is 0. The standard InChI is InChI=1S/C3H6O.C3H6.C2H5N.3CH4/c1-3(2)4;2*1-3-2;;;/h1-2H3;3H,1H2,2H3;1H2,2H3;3*1H4. The smallest absolute Gasteiger partial charge is 0.126 e. The predicted molar refractivity (Wildman–Crippen MR) is 67.9 cm³/mol. The van der Waals surface area contributed by atoms with E-state index in [4.69, 9.17) is 0 Å². The molecule has 13 heavy (non-hydrogen) atoms. The van der Waals surface area contributed by atoms with Crippen molar-refractivity contribution >= 4 is 12.5 Å². The Labute approximate surface area is 85.8 Å². The van der Waals surface area contributed by atoms with Crippen molar-refractivity contribution in [3.05, 3.63) is 12.7 Å². The normalized spacial score (nSPS) is 4.00. The summed E-state index contributed by atoms with van der Waals surface area (Å²) in [7, 11) is 1.64. The number of nitrogens with zero attached hydrogens (tertiary/aromatic N) is 1. The first-order valence-corrected chi connectivity index (χ1v) is 2.95. The molecule has 0 aliphatic carbocycles. The van der Waals surface area contributed by atoms with Crippen LogP contribution in [0.15, 0.2) is 17.6 Å². The van der Waals surface area contributed by atoms with Gasteiger partial charge >= 0.3 is 0 Å². The zero-order chi connectivity index (χ0) is 8.99. The summed E-state index contributed by atoms with van der Waals surface area (Å²) in [6.45, 7) is 11.4. The summed E-state index contributed by atoms with van der Waals surface area (Å²) in [5.74, 6) is 0.167. The molecule has 0 aromatic carbocycles. The van der Waals surface area contributed by atoms with E-state index in [0.29, 0.717) is 0 Å². The van der Waals surface area contributed by atoms with Crippen molar-refractivity contribution < 1.29 is 4.79 Å². The first kappa shape index (κ1) is 40.1. The van der Waals surface area contributed by atoms with E-state index in [0.717, 1.165) is 0 Å². The second kappa shape index (κ2) is 67.6. The molecule has 84 valence electrons. The Morgan fingerprint density at radius 1 is 1.23 bits per heavy atom. The molecule has 0 aliphatic heterocycles. The second-order valence-corrected chi connectivity index (χ2v) is 1.63. The van der Waals surface area contributed by atoms with Crippen LogP contribution in [0.4, 0.5) is 0 Å². The fraction of sp³-hybridized carbons (Fsp3) is 0.636. The van der Waals surface area contributed by atoms with Gasteiger partial charge in [0.2, 0.25) is 0 Å². The molecule has 2 nitrogen and oxygen atoms in total. The number of carbonyl (C=O) groups excluding carboxylic acids is 1. The number of allylic oxidation sites excluding steroid dienone is 1. The van der Waals surface area contributed by atoms with Gasteiger partial charge in [-0.05, 0) is 27.5 Å². The molecule has 0 N–H and O–H groups in total. The largest absolute Gasteiger partial charge is 0.304 e. The summed E-state index contributed by atoms with van der Waals surface area (Å²) in [5, 5.41) is 0. The Balaban J connectivity index is -0.0000000128. The molecule has 0 aromatic heterocycles. The molecule has 0 bridgehead atoms. The van der Waals surface area contributed by atoms with Crippen molar-refractivity contribution in [3.8, 4) is 0 Å². The van der Waals surface area contributed by atoms with E-state index in [2.05, 4.69) is 18.3 Å². The lowest BCUT2D eigenvalue weighted by atomic mass is 10.6. The van der Waals surface area contributed by atoms with Crippen LogP contribution in [-0.2, 0) is 4.79 Å². The van der Waals surface area contributed by atoms with Gasteiger partial charge in [0.05, 0.1) is 0 Å². The molecule has 0 aromatic rings. The maximum absolute atomic E-state index is 9.44. The molecule has 2 heteroatoms. The zero-order valence-corrected chi connectivity index (χ0v) is 7.35. The average molecular weight is 191 g/mol. The number of rotatable bonds is 0. The lowest BCUT2D eigenvalue weighted by molar-refractivity contribution is -0.114. The number of aliphatic imine (C=N–C) groups is 1. The van der Waals surface area contributed by atoms with Gasteiger partial charge in [0.1, 0.15) is 5.78 Å². The van der Waals surface area contributed by atoms with Crippen molar-refractivity contribution in [1.82, 2.24) is 0 Å². The van der Waals surface area contributed by atoms with Gasteiger partial charge in [0.25, 0.3) is 0 Å². The number of Topliss-reactive ketones (excluding diaryl/α,β-unsaturated/α-hetero) is 1. The molecule has 0 unspecified atom stereocenters. The van der Waals surface area contributed by atoms with Crippen LogP contribution in [0.25, 0.3) is 0 Å². The molecule has 0 saturated heterocycles. The monoisotopic (exact) mass is 191 g/mol. The van der Waals surface area contributed by atoms with Gasteiger partial charge in [-0.2, -0.15) is 0 Å². The van der Waals surface area contributed by atoms with Crippen LogP contribution in [0.1, 0.15) is 43.1 Å². The van der Waals surface area contributed by atoms with Crippen LogP contribution in [-0.4, -0.2) is 19.5 Å². The summed E-state index contributed by atoms with van der Waals surface area (Å²) in [6, 6.07) is 0. The Kier molecular flexibility index (Phi) is 209. The first-order valence-electron chi connectivity index (χ1n) is 2.95. The van der Waals surface area contributed by atoms with Gasteiger partial charge in [-0.3, -0.25) is 0 Å². The number of hydrogen-bond donors (Lipinski definition) is 0. The fourth-order valence-electron chi connectivity index (χ4n) is 0. The lowest BCUT2D eigenvalue weighted by Crippen LogP contribution is -1.69. The highest BCUT2D eigenvalue weighted by molar-refractivity contribution is 5.72. The van der Waals surface area contributed by atoms with Gasteiger partial charge in [0.15, 0.2) is 0 Å². The maximum Gasteiger partial charge on any atom is 0.126 e. The summed E-state index contributed by atoms with van der Waals surface area (Å²) in [6.07, 6.45) is 1.75. The molecular formula is C11H29NO. The van der Waals surface area contributed by atoms with Crippen LogP contribution in [0.2, 0.25) is 0 Å². The van der Waals surface area contributed by atoms with Crippen LogP contribution in [0, 0.1) is 0 Å². The molecule has 0 amide bonds. The van der Waals surface area contributed by atoms with Gasteiger partial charge in [0, 0.05) is 7.05 Å². The van der Waals surface area contributed by atoms with Crippen molar-refractivity contribution in [2.24, 2.45) is 4.99 Å². The van der Waals surface area contributed by atoms with Gasteiger partial charge in [-0.15, -0.1) is 6.58 Å². The summed E-state index contributed by atoms with van der Waals surface area (Å²) in [5.41, 5.74) is 0. The molecule has 0 radical (unpaired) electrons. The van der Waals surface area contributed by atoms with Gasteiger partial charge in [-0.25, -0.2) is 0 Å². The van der Waals surface area contributed by atoms with E-state index < -0.39 is 0 Å². The minimum absolute atomic E-state index is 0. The Morgan fingerprint density at radius 2 is 1.23 bits per heavy atom. The zero-order valence-electron chi connectivity index (χ0n) is 7.35. The Morgan fingerprint density at radius 3 is 1.23 bits per heavy atom.